The fourth-order valence-electron chi connectivity index (χ4n) is 1.72. The minimum atomic E-state index is 0.600. The van der Waals surface area contributed by atoms with Gasteiger partial charge in [0.25, 0.3) is 0 Å². The molecule has 0 atom stereocenters. The van der Waals surface area contributed by atoms with Gasteiger partial charge < -0.3 is 9.64 Å². The lowest BCUT2D eigenvalue weighted by atomic mass is 10.2. The van der Waals surface area contributed by atoms with Crippen LogP contribution in [0, 0.1) is 0 Å². The highest BCUT2D eigenvalue weighted by molar-refractivity contribution is 5.48. The number of rotatable bonds is 2. The third-order valence-electron chi connectivity index (χ3n) is 2.53. The molecule has 1 aliphatic rings. The Morgan fingerprint density at radius 2 is 2.07 bits per heavy atom. The SMILES string of the molecule is C=CC1=C(C)CN(c2ccccc2)CO1. The highest BCUT2D eigenvalue weighted by Crippen LogP contribution is 2.21. The first-order valence-corrected chi connectivity index (χ1v) is 5.06. The number of hydrogen-bond acceptors (Lipinski definition) is 2. The van der Waals surface area contributed by atoms with E-state index in [9.17, 15) is 0 Å². The van der Waals surface area contributed by atoms with Gasteiger partial charge in [-0.3, -0.25) is 0 Å². The molecule has 0 unspecified atom stereocenters. The molecule has 0 saturated carbocycles. The summed E-state index contributed by atoms with van der Waals surface area (Å²) in [7, 11) is 0. The van der Waals surface area contributed by atoms with E-state index in [1.165, 1.54) is 11.3 Å². The number of benzene rings is 1. The summed E-state index contributed by atoms with van der Waals surface area (Å²) in [4.78, 5) is 2.20. The third kappa shape index (κ3) is 2.04. The van der Waals surface area contributed by atoms with Gasteiger partial charge in [0.1, 0.15) is 5.76 Å². The van der Waals surface area contributed by atoms with E-state index in [1.54, 1.807) is 6.08 Å². The van der Waals surface area contributed by atoms with Gasteiger partial charge in [0, 0.05) is 12.2 Å². The van der Waals surface area contributed by atoms with Gasteiger partial charge >= 0.3 is 0 Å². The third-order valence-corrected chi connectivity index (χ3v) is 2.53. The van der Waals surface area contributed by atoms with Crippen molar-refractivity contribution in [2.45, 2.75) is 6.92 Å². The Balaban J connectivity index is 2.17. The number of anilines is 1. The monoisotopic (exact) mass is 201 g/mol. The van der Waals surface area contributed by atoms with Crippen molar-refractivity contribution in [2.75, 3.05) is 18.2 Å². The van der Waals surface area contributed by atoms with Crippen LogP contribution in [0.25, 0.3) is 0 Å². The molecular weight excluding hydrogens is 186 g/mol. The fourth-order valence-corrected chi connectivity index (χ4v) is 1.72. The van der Waals surface area contributed by atoms with E-state index in [1.807, 2.05) is 18.2 Å². The van der Waals surface area contributed by atoms with Crippen molar-refractivity contribution in [2.24, 2.45) is 0 Å². The van der Waals surface area contributed by atoms with E-state index in [0.29, 0.717) is 6.73 Å². The quantitative estimate of drug-likeness (QED) is 0.729. The molecule has 0 saturated heterocycles. The lowest BCUT2D eigenvalue weighted by molar-refractivity contribution is 0.207. The molecule has 1 aromatic carbocycles. The van der Waals surface area contributed by atoms with Crippen LogP contribution < -0.4 is 4.90 Å². The predicted octanol–water partition coefficient (Wildman–Crippen LogP) is 2.94. The second-order valence-corrected chi connectivity index (χ2v) is 3.66. The van der Waals surface area contributed by atoms with E-state index < -0.39 is 0 Å². The van der Waals surface area contributed by atoms with Crippen molar-refractivity contribution in [1.29, 1.82) is 0 Å². The minimum Gasteiger partial charge on any atom is -0.473 e. The Labute approximate surface area is 90.5 Å². The molecule has 1 heterocycles. The van der Waals surface area contributed by atoms with Gasteiger partial charge in [-0.15, -0.1) is 0 Å². The number of allylic oxidation sites excluding steroid dienone is 1. The lowest BCUT2D eigenvalue weighted by Gasteiger charge is -2.30. The lowest BCUT2D eigenvalue weighted by Crippen LogP contribution is -2.32. The van der Waals surface area contributed by atoms with Crippen LogP contribution in [-0.2, 0) is 4.74 Å². The normalized spacial score (nSPS) is 16.2. The molecule has 15 heavy (non-hydrogen) atoms. The summed E-state index contributed by atoms with van der Waals surface area (Å²) in [5.41, 5.74) is 2.42. The first-order chi connectivity index (χ1) is 7.31. The fraction of sp³-hybridized carbons (Fsp3) is 0.231. The van der Waals surface area contributed by atoms with Crippen LogP contribution in [0.1, 0.15) is 6.92 Å². The smallest absolute Gasteiger partial charge is 0.161 e. The first-order valence-electron chi connectivity index (χ1n) is 5.06. The Bertz CT molecular complexity index is 381. The molecule has 1 aromatic rings. The Morgan fingerprint density at radius 1 is 1.33 bits per heavy atom. The molecule has 0 bridgehead atoms. The molecule has 0 radical (unpaired) electrons. The molecule has 2 rings (SSSR count). The molecule has 0 aliphatic carbocycles. The van der Waals surface area contributed by atoms with Crippen LogP contribution in [0.5, 0.6) is 0 Å². The summed E-state index contributed by atoms with van der Waals surface area (Å²) in [6, 6.07) is 10.3. The summed E-state index contributed by atoms with van der Waals surface area (Å²) >= 11 is 0. The standard InChI is InChI=1S/C13H15NO/c1-3-13-11(2)9-14(10-15-13)12-7-5-4-6-8-12/h3-8H,1,9-10H2,2H3. The molecule has 2 heteroatoms. The molecular formula is C13H15NO. The zero-order chi connectivity index (χ0) is 10.7. The maximum Gasteiger partial charge on any atom is 0.161 e. The highest BCUT2D eigenvalue weighted by atomic mass is 16.5. The molecule has 1 aliphatic heterocycles. The Kier molecular flexibility index (Phi) is 2.77. The van der Waals surface area contributed by atoms with Crippen LogP contribution in [0.15, 0.2) is 54.3 Å². The van der Waals surface area contributed by atoms with Crippen molar-refractivity contribution < 1.29 is 4.74 Å². The van der Waals surface area contributed by atoms with Crippen LogP contribution >= 0.6 is 0 Å². The number of nitrogens with zero attached hydrogens (tertiary/aromatic N) is 1. The zero-order valence-electron chi connectivity index (χ0n) is 8.94. The van der Waals surface area contributed by atoms with Gasteiger partial charge in [-0.25, -0.2) is 0 Å². The minimum absolute atomic E-state index is 0.600. The van der Waals surface area contributed by atoms with E-state index in [0.717, 1.165) is 12.3 Å². The average Bonchev–Trinajstić information content (AvgIpc) is 2.30. The number of ether oxygens (including phenoxy) is 1. The number of hydrogen-bond donors (Lipinski definition) is 0. The Morgan fingerprint density at radius 3 is 2.67 bits per heavy atom. The summed E-state index contributed by atoms with van der Waals surface area (Å²) in [5, 5.41) is 0. The van der Waals surface area contributed by atoms with Crippen LogP contribution in [0.4, 0.5) is 5.69 Å². The molecule has 0 spiro atoms. The second kappa shape index (κ2) is 4.22. The zero-order valence-corrected chi connectivity index (χ0v) is 8.94. The van der Waals surface area contributed by atoms with E-state index in [4.69, 9.17) is 4.74 Å². The molecule has 2 nitrogen and oxygen atoms in total. The van der Waals surface area contributed by atoms with Gasteiger partial charge in [0.2, 0.25) is 0 Å². The summed E-state index contributed by atoms with van der Waals surface area (Å²) in [6.07, 6.45) is 1.78. The van der Waals surface area contributed by atoms with Gasteiger partial charge in [0.15, 0.2) is 6.73 Å². The van der Waals surface area contributed by atoms with Crippen molar-refractivity contribution in [3.8, 4) is 0 Å². The van der Waals surface area contributed by atoms with Gasteiger partial charge in [-0.2, -0.15) is 0 Å². The van der Waals surface area contributed by atoms with Crippen molar-refractivity contribution in [3.63, 3.8) is 0 Å². The highest BCUT2D eigenvalue weighted by Gasteiger charge is 2.15. The molecule has 0 aromatic heterocycles. The van der Waals surface area contributed by atoms with Gasteiger partial charge in [-0.05, 0) is 30.7 Å². The topological polar surface area (TPSA) is 12.5 Å². The van der Waals surface area contributed by atoms with E-state index >= 15 is 0 Å². The first kappa shape index (κ1) is 9.84. The van der Waals surface area contributed by atoms with E-state index in [2.05, 4.69) is 30.5 Å². The van der Waals surface area contributed by atoms with E-state index in [-0.39, 0.29) is 0 Å². The van der Waals surface area contributed by atoms with Crippen molar-refractivity contribution >= 4 is 5.69 Å². The molecule has 0 fully saturated rings. The summed E-state index contributed by atoms with van der Waals surface area (Å²) in [5.74, 6) is 0.919. The average molecular weight is 201 g/mol. The van der Waals surface area contributed by atoms with Crippen LogP contribution in [0.3, 0.4) is 0 Å². The second-order valence-electron chi connectivity index (χ2n) is 3.66. The summed E-state index contributed by atoms with van der Waals surface area (Å²) in [6.45, 7) is 7.31. The largest absolute Gasteiger partial charge is 0.473 e. The number of para-hydroxylation sites is 1. The van der Waals surface area contributed by atoms with Crippen molar-refractivity contribution in [1.82, 2.24) is 0 Å². The van der Waals surface area contributed by atoms with Crippen LogP contribution in [0.2, 0.25) is 0 Å². The van der Waals surface area contributed by atoms with Gasteiger partial charge in [0.05, 0.1) is 0 Å². The van der Waals surface area contributed by atoms with Crippen molar-refractivity contribution in [3.05, 3.63) is 54.3 Å². The summed E-state index contributed by atoms with van der Waals surface area (Å²) < 4.78 is 5.59. The maximum atomic E-state index is 5.59. The Hall–Kier alpha value is -1.70. The van der Waals surface area contributed by atoms with Crippen LogP contribution in [-0.4, -0.2) is 13.3 Å². The maximum absolute atomic E-state index is 5.59. The van der Waals surface area contributed by atoms with Gasteiger partial charge in [-0.1, -0.05) is 24.8 Å². The molecule has 0 N–H and O–H groups in total. The molecule has 78 valence electrons. The molecule has 0 amide bonds. The predicted molar refractivity (Wildman–Crippen MR) is 62.6 cm³/mol.